The van der Waals surface area contributed by atoms with Crippen LogP contribution in [0.2, 0.25) is 0 Å². The van der Waals surface area contributed by atoms with E-state index in [9.17, 15) is 0 Å². The minimum Gasteiger partial charge on any atom is -0.493 e. The number of aryl methyl sites for hydroxylation is 1. The van der Waals surface area contributed by atoms with Crippen molar-refractivity contribution in [1.82, 2.24) is 0 Å². The van der Waals surface area contributed by atoms with Crippen molar-refractivity contribution >= 4 is 0 Å². The Morgan fingerprint density at radius 3 is 2.70 bits per heavy atom. The fourth-order valence-electron chi connectivity index (χ4n) is 3.50. The molecule has 0 amide bonds. The number of hydrogen-bond donors (Lipinski definition) is 1. The van der Waals surface area contributed by atoms with E-state index < -0.39 is 0 Å². The second-order valence-electron chi connectivity index (χ2n) is 6.02. The molecule has 20 heavy (non-hydrogen) atoms. The molecule has 0 spiro atoms. The Hall–Kier alpha value is -1.80. The number of nitrogens with two attached hydrogens (primary N) is 1. The van der Waals surface area contributed by atoms with E-state index in [-0.39, 0.29) is 5.54 Å². The zero-order valence-corrected chi connectivity index (χ0v) is 11.6. The Morgan fingerprint density at radius 1 is 0.950 bits per heavy atom. The van der Waals surface area contributed by atoms with Crippen molar-refractivity contribution in [3.05, 3.63) is 64.7 Å². The highest BCUT2D eigenvalue weighted by atomic mass is 16.5. The van der Waals surface area contributed by atoms with Gasteiger partial charge >= 0.3 is 0 Å². The van der Waals surface area contributed by atoms with Gasteiger partial charge in [-0.2, -0.15) is 0 Å². The number of ether oxygens (including phenoxy) is 1. The van der Waals surface area contributed by atoms with Gasteiger partial charge in [-0.25, -0.2) is 0 Å². The Bertz CT molecular complexity index is 664. The summed E-state index contributed by atoms with van der Waals surface area (Å²) in [5, 5.41) is 0. The van der Waals surface area contributed by atoms with Crippen molar-refractivity contribution in [2.45, 2.75) is 31.2 Å². The van der Waals surface area contributed by atoms with Gasteiger partial charge in [-0.1, -0.05) is 36.4 Å². The predicted octanol–water partition coefficient (Wildman–Crippen LogP) is 2.96. The van der Waals surface area contributed by atoms with Crippen molar-refractivity contribution in [2.75, 3.05) is 6.61 Å². The van der Waals surface area contributed by atoms with Gasteiger partial charge in [0.1, 0.15) is 5.75 Å². The SMILES string of the molecule is NC1(c2ccc3c(c2)CCO3)CCc2ccccc2C1. The third-order valence-electron chi connectivity index (χ3n) is 4.73. The Balaban J connectivity index is 1.72. The lowest BCUT2D eigenvalue weighted by molar-refractivity contribution is 0.356. The molecule has 0 bridgehead atoms. The average Bonchev–Trinajstić information content (AvgIpc) is 2.94. The summed E-state index contributed by atoms with van der Waals surface area (Å²) in [5.74, 6) is 1.04. The molecular formula is C18H19NO. The largest absolute Gasteiger partial charge is 0.493 e. The first-order chi connectivity index (χ1) is 9.74. The van der Waals surface area contributed by atoms with Crippen molar-refractivity contribution in [1.29, 1.82) is 0 Å². The van der Waals surface area contributed by atoms with Gasteiger partial charge in [-0.05, 0) is 47.6 Å². The van der Waals surface area contributed by atoms with Gasteiger partial charge in [0.2, 0.25) is 0 Å². The summed E-state index contributed by atoms with van der Waals surface area (Å²) in [6.45, 7) is 0.805. The van der Waals surface area contributed by atoms with Crippen LogP contribution in [0.5, 0.6) is 5.75 Å². The van der Waals surface area contributed by atoms with Gasteiger partial charge in [0.25, 0.3) is 0 Å². The Labute approximate surface area is 119 Å². The van der Waals surface area contributed by atoms with E-state index in [0.717, 1.165) is 38.0 Å². The molecule has 102 valence electrons. The Morgan fingerprint density at radius 2 is 1.80 bits per heavy atom. The summed E-state index contributed by atoms with van der Waals surface area (Å²) in [6, 6.07) is 15.2. The highest BCUT2D eigenvalue weighted by Gasteiger charge is 2.32. The van der Waals surface area contributed by atoms with Gasteiger partial charge in [-0.15, -0.1) is 0 Å². The van der Waals surface area contributed by atoms with Crippen LogP contribution in [-0.2, 0) is 24.8 Å². The summed E-state index contributed by atoms with van der Waals surface area (Å²) in [7, 11) is 0. The molecule has 2 aliphatic rings. The summed E-state index contributed by atoms with van der Waals surface area (Å²) >= 11 is 0. The molecule has 1 heterocycles. The van der Waals surface area contributed by atoms with E-state index >= 15 is 0 Å². The van der Waals surface area contributed by atoms with Crippen molar-refractivity contribution in [3.63, 3.8) is 0 Å². The van der Waals surface area contributed by atoms with Crippen LogP contribution in [0.15, 0.2) is 42.5 Å². The molecule has 1 atom stereocenters. The molecule has 2 aromatic rings. The standard InChI is InChI=1S/C18H19NO/c19-18(9-7-13-3-1-2-4-15(13)12-18)16-5-6-17-14(11-16)8-10-20-17/h1-6,11H,7-10,12,19H2. The minimum absolute atomic E-state index is 0.230. The van der Waals surface area contributed by atoms with E-state index in [4.69, 9.17) is 10.5 Å². The number of fused-ring (bicyclic) bond motifs is 2. The smallest absolute Gasteiger partial charge is 0.122 e. The summed E-state index contributed by atoms with van der Waals surface area (Å²) in [6.07, 6.45) is 4.03. The number of benzene rings is 2. The molecule has 4 rings (SSSR count). The van der Waals surface area contributed by atoms with Gasteiger partial charge in [0.05, 0.1) is 6.61 Å². The van der Waals surface area contributed by atoms with Gasteiger partial charge in [-0.3, -0.25) is 0 Å². The number of hydrogen-bond acceptors (Lipinski definition) is 2. The monoisotopic (exact) mass is 265 g/mol. The fourth-order valence-corrected chi connectivity index (χ4v) is 3.50. The first-order valence-corrected chi connectivity index (χ1v) is 7.36. The minimum atomic E-state index is -0.230. The second-order valence-corrected chi connectivity index (χ2v) is 6.02. The highest BCUT2D eigenvalue weighted by molar-refractivity contribution is 5.44. The van der Waals surface area contributed by atoms with Crippen molar-refractivity contribution in [3.8, 4) is 5.75 Å². The summed E-state index contributed by atoms with van der Waals surface area (Å²) < 4.78 is 5.59. The van der Waals surface area contributed by atoms with Crippen LogP contribution >= 0.6 is 0 Å². The molecule has 2 nitrogen and oxygen atoms in total. The zero-order chi connectivity index (χ0) is 13.6. The summed E-state index contributed by atoms with van der Waals surface area (Å²) in [4.78, 5) is 0. The topological polar surface area (TPSA) is 35.2 Å². The lowest BCUT2D eigenvalue weighted by atomic mass is 9.74. The molecule has 1 unspecified atom stereocenters. The molecule has 0 radical (unpaired) electrons. The van der Waals surface area contributed by atoms with Gasteiger partial charge < -0.3 is 10.5 Å². The zero-order valence-electron chi connectivity index (χ0n) is 11.6. The molecular weight excluding hydrogens is 246 g/mol. The number of rotatable bonds is 1. The molecule has 1 aliphatic heterocycles. The van der Waals surface area contributed by atoms with E-state index in [1.807, 2.05) is 0 Å². The molecule has 2 aromatic carbocycles. The maximum Gasteiger partial charge on any atom is 0.122 e. The quantitative estimate of drug-likeness (QED) is 0.860. The normalized spacial score (nSPS) is 23.9. The van der Waals surface area contributed by atoms with Crippen LogP contribution in [0.3, 0.4) is 0 Å². The summed E-state index contributed by atoms with van der Waals surface area (Å²) in [5.41, 5.74) is 11.9. The van der Waals surface area contributed by atoms with Crippen LogP contribution in [0, 0.1) is 0 Å². The molecule has 0 fully saturated rings. The molecule has 2 heteroatoms. The fraction of sp³-hybridized carbons (Fsp3) is 0.333. The van der Waals surface area contributed by atoms with Gasteiger partial charge in [0.15, 0.2) is 0 Å². The molecule has 0 aromatic heterocycles. The van der Waals surface area contributed by atoms with E-state index in [1.54, 1.807) is 0 Å². The van der Waals surface area contributed by atoms with Crippen LogP contribution in [0.25, 0.3) is 0 Å². The first-order valence-electron chi connectivity index (χ1n) is 7.36. The van der Waals surface area contributed by atoms with Crippen molar-refractivity contribution < 1.29 is 4.74 Å². The third kappa shape index (κ3) is 1.83. The maximum absolute atomic E-state index is 6.75. The van der Waals surface area contributed by atoms with E-state index in [0.29, 0.717) is 0 Å². The van der Waals surface area contributed by atoms with Crippen LogP contribution in [0.4, 0.5) is 0 Å². The first kappa shape index (κ1) is 12.0. The Kier molecular flexibility index (Phi) is 2.61. The lowest BCUT2D eigenvalue weighted by Gasteiger charge is -2.35. The molecule has 1 aliphatic carbocycles. The lowest BCUT2D eigenvalue weighted by Crippen LogP contribution is -2.42. The average molecular weight is 265 g/mol. The molecule has 2 N–H and O–H groups in total. The molecule has 0 saturated carbocycles. The second kappa shape index (κ2) is 4.35. The van der Waals surface area contributed by atoms with Gasteiger partial charge in [0, 0.05) is 12.0 Å². The van der Waals surface area contributed by atoms with Crippen LogP contribution < -0.4 is 10.5 Å². The van der Waals surface area contributed by atoms with E-state index in [2.05, 4.69) is 42.5 Å². The van der Waals surface area contributed by atoms with Crippen molar-refractivity contribution in [2.24, 2.45) is 5.73 Å². The van der Waals surface area contributed by atoms with Crippen LogP contribution in [0.1, 0.15) is 28.7 Å². The maximum atomic E-state index is 6.75. The highest BCUT2D eigenvalue weighted by Crippen LogP contribution is 2.37. The predicted molar refractivity (Wildman–Crippen MR) is 80.0 cm³/mol. The van der Waals surface area contributed by atoms with Crippen LogP contribution in [-0.4, -0.2) is 6.61 Å². The van der Waals surface area contributed by atoms with E-state index in [1.165, 1.54) is 22.3 Å². The molecule has 0 saturated heterocycles. The third-order valence-corrected chi connectivity index (χ3v) is 4.73.